The molecule has 5 nitrogen and oxygen atoms in total. The van der Waals surface area contributed by atoms with Crippen molar-refractivity contribution >= 4 is 27.9 Å². The number of rotatable bonds is 2. The molecule has 1 aromatic rings. The SMILES string of the molecule is CC1CN(c2cc(N)c(C(N)=O)s2)CCO1. The molecule has 1 saturated heterocycles. The molecule has 1 amide bonds. The predicted octanol–water partition coefficient (Wildman–Crippen LogP) is 0.654. The van der Waals surface area contributed by atoms with E-state index in [2.05, 4.69) is 4.90 Å². The molecule has 0 aliphatic carbocycles. The van der Waals surface area contributed by atoms with E-state index in [0.29, 0.717) is 17.2 Å². The standard InChI is InChI=1S/C10H15N3O2S/c1-6-5-13(2-3-15-6)8-4-7(11)9(16-8)10(12)14/h4,6H,2-3,5,11H2,1H3,(H2,12,14). The van der Waals surface area contributed by atoms with Crippen molar-refractivity contribution in [3.8, 4) is 0 Å². The molecule has 2 heterocycles. The van der Waals surface area contributed by atoms with Crippen LogP contribution in [-0.2, 0) is 4.74 Å². The fourth-order valence-corrected chi connectivity index (χ4v) is 2.73. The molecule has 0 bridgehead atoms. The van der Waals surface area contributed by atoms with Gasteiger partial charge in [-0.1, -0.05) is 0 Å². The number of morpholine rings is 1. The largest absolute Gasteiger partial charge is 0.397 e. The van der Waals surface area contributed by atoms with Crippen molar-refractivity contribution in [2.24, 2.45) is 5.73 Å². The Morgan fingerprint density at radius 2 is 2.44 bits per heavy atom. The first-order valence-corrected chi connectivity index (χ1v) is 5.95. The van der Waals surface area contributed by atoms with Gasteiger partial charge in [-0.3, -0.25) is 4.79 Å². The third-order valence-corrected chi connectivity index (χ3v) is 3.75. The maximum atomic E-state index is 11.1. The zero-order chi connectivity index (χ0) is 11.7. The molecule has 0 radical (unpaired) electrons. The van der Waals surface area contributed by atoms with E-state index in [1.807, 2.05) is 13.0 Å². The quantitative estimate of drug-likeness (QED) is 0.796. The predicted molar refractivity (Wildman–Crippen MR) is 64.9 cm³/mol. The number of thiophene rings is 1. The van der Waals surface area contributed by atoms with Gasteiger partial charge in [0.15, 0.2) is 0 Å². The Bertz CT molecular complexity index is 405. The van der Waals surface area contributed by atoms with Crippen molar-refractivity contribution in [3.05, 3.63) is 10.9 Å². The highest BCUT2D eigenvalue weighted by Gasteiger charge is 2.20. The average molecular weight is 241 g/mol. The molecule has 1 unspecified atom stereocenters. The minimum Gasteiger partial charge on any atom is -0.397 e. The van der Waals surface area contributed by atoms with Crippen molar-refractivity contribution in [2.75, 3.05) is 30.3 Å². The van der Waals surface area contributed by atoms with E-state index in [1.54, 1.807) is 0 Å². The Morgan fingerprint density at radius 3 is 3.00 bits per heavy atom. The second kappa shape index (κ2) is 4.31. The molecular formula is C10H15N3O2S. The van der Waals surface area contributed by atoms with E-state index in [-0.39, 0.29) is 6.10 Å². The lowest BCUT2D eigenvalue weighted by Gasteiger charge is -2.31. The smallest absolute Gasteiger partial charge is 0.260 e. The fourth-order valence-electron chi connectivity index (χ4n) is 1.76. The van der Waals surface area contributed by atoms with E-state index in [9.17, 15) is 4.79 Å². The van der Waals surface area contributed by atoms with Crippen LogP contribution in [0, 0.1) is 0 Å². The minimum absolute atomic E-state index is 0.203. The van der Waals surface area contributed by atoms with Crippen LogP contribution in [0.3, 0.4) is 0 Å². The number of hydrogen-bond acceptors (Lipinski definition) is 5. The number of carbonyl (C=O) groups is 1. The van der Waals surface area contributed by atoms with Gasteiger partial charge in [-0.15, -0.1) is 11.3 Å². The second-order valence-electron chi connectivity index (χ2n) is 3.86. The molecule has 1 atom stereocenters. The third kappa shape index (κ3) is 2.12. The molecule has 6 heteroatoms. The summed E-state index contributed by atoms with van der Waals surface area (Å²) < 4.78 is 5.45. The molecular weight excluding hydrogens is 226 g/mol. The van der Waals surface area contributed by atoms with E-state index in [4.69, 9.17) is 16.2 Å². The number of carbonyl (C=O) groups excluding carboxylic acids is 1. The monoisotopic (exact) mass is 241 g/mol. The van der Waals surface area contributed by atoms with Crippen LogP contribution >= 0.6 is 11.3 Å². The highest BCUT2D eigenvalue weighted by atomic mass is 32.1. The van der Waals surface area contributed by atoms with Crippen molar-refractivity contribution in [3.63, 3.8) is 0 Å². The summed E-state index contributed by atoms with van der Waals surface area (Å²) in [6.07, 6.45) is 0.203. The molecule has 2 rings (SSSR count). The Kier molecular flexibility index (Phi) is 3.02. The van der Waals surface area contributed by atoms with Crippen LogP contribution in [0.4, 0.5) is 10.7 Å². The fraction of sp³-hybridized carbons (Fsp3) is 0.500. The Balaban J connectivity index is 2.20. The summed E-state index contributed by atoms with van der Waals surface area (Å²) in [5.74, 6) is -0.463. The van der Waals surface area contributed by atoms with E-state index in [1.165, 1.54) is 11.3 Å². The normalized spacial score (nSPS) is 21.1. The van der Waals surface area contributed by atoms with Crippen LogP contribution < -0.4 is 16.4 Å². The van der Waals surface area contributed by atoms with Crippen molar-refractivity contribution in [2.45, 2.75) is 13.0 Å². The molecule has 0 spiro atoms. The van der Waals surface area contributed by atoms with Crippen LogP contribution in [0.25, 0.3) is 0 Å². The van der Waals surface area contributed by atoms with Crippen molar-refractivity contribution in [1.29, 1.82) is 0 Å². The zero-order valence-corrected chi connectivity index (χ0v) is 9.92. The van der Waals surface area contributed by atoms with Gasteiger partial charge in [0, 0.05) is 13.1 Å². The van der Waals surface area contributed by atoms with E-state index in [0.717, 1.165) is 18.1 Å². The lowest BCUT2D eigenvalue weighted by Crippen LogP contribution is -2.40. The molecule has 1 aromatic heterocycles. The summed E-state index contributed by atoms with van der Waals surface area (Å²) in [4.78, 5) is 13.7. The van der Waals surface area contributed by atoms with Gasteiger partial charge in [0.05, 0.1) is 23.4 Å². The molecule has 1 aliphatic heterocycles. The highest BCUT2D eigenvalue weighted by molar-refractivity contribution is 7.18. The van der Waals surface area contributed by atoms with Gasteiger partial charge in [-0.05, 0) is 13.0 Å². The van der Waals surface area contributed by atoms with Crippen LogP contribution in [0.5, 0.6) is 0 Å². The van der Waals surface area contributed by atoms with Crippen LogP contribution in [0.15, 0.2) is 6.07 Å². The number of amides is 1. The first kappa shape index (κ1) is 11.2. The Morgan fingerprint density at radius 1 is 1.69 bits per heavy atom. The van der Waals surface area contributed by atoms with Gasteiger partial charge in [-0.25, -0.2) is 0 Å². The maximum Gasteiger partial charge on any atom is 0.260 e. The molecule has 0 saturated carbocycles. The van der Waals surface area contributed by atoms with Gasteiger partial charge in [0.25, 0.3) is 5.91 Å². The molecule has 1 fully saturated rings. The summed E-state index contributed by atoms with van der Waals surface area (Å²) in [6.45, 7) is 4.36. The van der Waals surface area contributed by atoms with Crippen LogP contribution in [-0.4, -0.2) is 31.7 Å². The third-order valence-electron chi connectivity index (χ3n) is 2.52. The summed E-state index contributed by atoms with van der Waals surface area (Å²) >= 11 is 1.35. The van der Waals surface area contributed by atoms with Gasteiger partial charge in [0.1, 0.15) is 4.88 Å². The number of nitrogens with zero attached hydrogens (tertiary/aromatic N) is 1. The molecule has 4 N–H and O–H groups in total. The number of ether oxygens (including phenoxy) is 1. The topological polar surface area (TPSA) is 81.6 Å². The zero-order valence-electron chi connectivity index (χ0n) is 9.10. The number of nitrogen functional groups attached to an aromatic ring is 1. The average Bonchev–Trinajstić information content (AvgIpc) is 2.60. The number of anilines is 2. The lowest BCUT2D eigenvalue weighted by molar-refractivity contribution is 0.0534. The van der Waals surface area contributed by atoms with Gasteiger partial charge < -0.3 is 21.1 Å². The number of primary amides is 1. The van der Waals surface area contributed by atoms with Crippen LogP contribution in [0.2, 0.25) is 0 Å². The van der Waals surface area contributed by atoms with Crippen molar-refractivity contribution in [1.82, 2.24) is 0 Å². The maximum absolute atomic E-state index is 11.1. The molecule has 88 valence electrons. The lowest BCUT2D eigenvalue weighted by atomic mass is 10.3. The summed E-state index contributed by atoms with van der Waals surface area (Å²) in [7, 11) is 0. The summed E-state index contributed by atoms with van der Waals surface area (Å²) in [5.41, 5.74) is 11.4. The first-order valence-electron chi connectivity index (χ1n) is 5.13. The van der Waals surface area contributed by atoms with Gasteiger partial charge in [0.2, 0.25) is 0 Å². The molecule has 0 aromatic carbocycles. The molecule has 16 heavy (non-hydrogen) atoms. The molecule has 1 aliphatic rings. The number of hydrogen-bond donors (Lipinski definition) is 2. The highest BCUT2D eigenvalue weighted by Crippen LogP contribution is 2.32. The first-order chi connectivity index (χ1) is 7.58. The summed E-state index contributed by atoms with van der Waals surface area (Å²) in [5, 5.41) is 0.987. The van der Waals surface area contributed by atoms with E-state index >= 15 is 0 Å². The van der Waals surface area contributed by atoms with Gasteiger partial charge >= 0.3 is 0 Å². The van der Waals surface area contributed by atoms with Crippen LogP contribution in [0.1, 0.15) is 16.6 Å². The minimum atomic E-state index is -0.463. The van der Waals surface area contributed by atoms with Crippen molar-refractivity contribution < 1.29 is 9.53 Å². The van der Waals surface area contributed by atoms with E-state index < -0.39 is 5.91 Å². The number of nitrogens with two attached hydrogens (primary N) is 2. The van der Waals surface area contributed by atoms with Gasteiger partial charge in [-0.2, -0.15) is 0 Å². The summed E-state index contributed by atoms with van der Waals surface area (Å²) in [6, 6.07) is 1.81. The second-order valence-corrected chi connectivity index (χ2v) is 4.89. The Hall–Kier alpha value is -1.27. The Labute approximate surface area is 98.0 Å².